The zero-order valence-electron chi connectivity index (χ0n) is 8.62. The van der Waals surface area contributed by atoms with Gasteiger partial charge in [-0.05, 0) is 32.6 Å². The SMILES string of the molecule is CC(C)OCCNCC(O)C1CC1. The fourth-order valence-electron chi connectivity index (χ4n) is 1.26. The maximum atomic E-state index is 9.49. The van der Waals surface area contributed by atoms with E-state index < -0.39 is 0 Å². The van der Waals surface area contributed by atoms with Gasteiger partial charge >= 0.3 is 0 Å². The van der Waals surface area contributed by atoms with Crippen LogP contribution in [0.25, 0.3) is 0 Å². The van der Waals surface area contributed by atoms with E-state index in [2.05, 4.69) is 5.32 Å². The number of aliphatic hydroxyl groups excluding tert-OH is 1. The highest BCUT2D eigenvalue weighted by Crippen LogP contribution is 2.32. The van der Waals surface area contributed by atoms with Crippen LogP contribution in [0.2, 0.25) is 0 Å². The van der Waals surface area contributed by atoms with Crippen LogP contribution >= 0.6 is 0 Å². The molecule has 1 saturated carbocycles. The van der Waals surface area contributed by atoms with Crippen LogP contribution in [-0.4, -0.2) is 37.0 Å². The normalized spacial score (nSPS) is 19.4. The molecule has 1 fully saturated rings. The van der Waals surface area contributed by atoms with Gasteiger partial charge in [0.15, 0.2) is 0 Å². The van der Waals surface area contributed by atoms with E-state index in [1.807, 2.05) is 13.8 Å². The minimum absolute atomic E-state index is 0.140. The molecule has 3 heteroatoms. The Bertz CT molecular complexity index is 135. The van der Waals surface area contributed by atoms with E-state index in [-0.39, 0.29) is 6.10 Å². The molecule has 0 spiro atoms. The summed E-state index contributed by atoms with van der Waals surface area (Å²) < 4.78 is 5.36. The van der Waals surface area contributed by atoms with Gasteiger partial charge in [0, 0.05) is 13.1 Å². The lowest BCUT2D eigenvalue weighted by Gasteiger charge is -2.11. The molecule has 0 aromatic heterocycles. The third kappa shape index (κ3) is 5.24. The molecular formula is C10H21NO2. The minimum Gasteiger partial charge on any atom is -0.392 e. The molecule has 78 valence electrons. The van der Waals surface area contributed by atoms with Crippen molar-refractivity contribution in [1.82, 2.24) is 5.32 Å². The maximum absolute atomic E-state index is 9.49. The van der Waals surface area contributed by atoms with Crippen LogP contribution in [-0.2, 0) is 4.74 Å². The molecule has 0 bridgehead atoms. The molecule has 0 radical (unpaired) electrons. The average molecular weight is 187 g/mol. The highest BCUT2D eigenvalue weighted by atomic mass is 16.5. The largest absolute Gasteiger partial charge is 0.392 e. The first kappa shape index (κ1) is 11.0. The van der Waals surface area contributed by atoms with E-state index in [0.717, 1.165) is 13.2 Å². The van der Waals surface area contributed by atoms with E-state index >= 15 is 0 Å². The first-order chi connectivity index (χ1) is 6.20. The van der Waals surface area contributed by atoms with E-state index in [1.165, 1.54) is 12.8 Å². The molecule has 0 aliphatic heterocycles. The van der Waals surface area contributed by atoms with Gasteiger partial charge in [0.25, 0.3) is 0 Å². The van der Waals surface area contributed by atoms with E-state index in [1.54, 1.807) is 0 Å². The summed E-state index contributed by atoms with van der Waals surface area (Å²) in [6.07, 6.45) is 2.56. The summed E-state index contributed by atoms with van der Waals surface area (Å²) in [4.78, 5) is 0. The Labute approximate surface area is 80.5 Å². The van der Waals surface area contributed by atoms with Crippen molar-refractivity contribution in [1.29, 1.82) is 0 Å². The van der Waals surface area contributed by atoms with Crippen LogP contribution in [0, 0.1) is 5.92 Å². The third-order valence-corrected chi connectivity index (χ3v) is 2.25. The highest BCUT2D eigenvalue weighted by Gasteiger charge is 2.28. The Morgan fingerprint density at radius 3 is 2.69 bits per heavy atom. The lowest BCUT2D eigenvalue weighted by Crippen LogP contribution is -2.31. The summed E-state index contributed by atoms with van der Waals surface area (Å²) in [5.74, 6) is 0.568. The van der Waals surface area contributed by atoms with Gasteiger partial charge in [0.05, 0.1) is 18.8 Å². The first-order valence-corrected chi connectivity index (χ1v) is 5.20. The second-order valence-corrected chi connectivity index (χ2v) is 4.03. The topological polar surface area (TPSA) is 41.5 Å². The fourth-order valence-corrected chi connectivity index (χ4v) is 1.26. The number of hydrogen-bond donors (Lipinski definition) is 2. The van der Waals surface area contributed by atoms with Crippen molar-refractivity contribution in [2.75, 3.05) is 19.7 Å². The van der Waals surface area contributed by atoms with Gasteiger partial charge in [0.1, 0.15) is 0 Å². The first-order valence-electron chi connectivity index (χ1n) is 5.20. The smallest absolute Gasteiger partial charge is 0.0692 e. The molecule has 1 unspecified atom stereocenters. The molecular weight excluding hydrogens is 166 g/mol. The molecule has 1 aliphatic carbocycles. The van der Waals surface area contributed by atoms with Crippen molar-refractivity contribution < 1.29 is 9.84 Å². The summed E-state index contributed by atoms with van der Waals surface area (Å²) in [5.41, 5.74) is 0. The molecule has 1 rings (SSSR count). The second-order valence-electron chi connectivity index (χ2n) is 4.03. The number of ether oxygens (including phenoxy) is 1. The Morgan fingerprint density at radius 2 is 2.15 bits per heavy atom. The van der Waals surface area contributed by atoms with Crippen LogP contribution < -0.4 is 5.32 Å². The van der Waals surface area contributed by atoms with E-state index in [0.29, 0.717) is 18.6 Å². The number of hydrogen-bond acceptors (Lipinski definition) is 3. The molecule has 0 saturated heterocycles. The molecule has 0 aromatic rings. The average Bonchev–Trinajstić information content (AvgIpc) is 2.85. The Hall–Kier alpha value is -0.120. The molecule has 3 nitrogen and oxygen atoms in total. The molecule has 0 heterocycles. The standard InChI is InChI=1S/C10H21NO2/c1-8(2)13-6-5-11-7-10(12)9-3-4-9/h8-12H,3-7H2,1-2H3. The summed E-state index contributed by atoms with van der Waals surface area (Å²) in [5, 5.41) is 12.7. The van der Waals surface area contributed by atoms with Gasteiger partial charge in [-0.25, -0.2) is 0 Å². The Kier molecular flexibility index (Phi) is 4.70. The Balaban J connectivity index is 1.83. The number of aliphatic hydroxyl groups is 1. The van der Waals surface area contributed by atoms with Crippen molar-refractivity contribution in [3.63, 3.8) is 0 Å². The summed E-state index contributed by atoms with van der Waals surface area (Å²) in [6, 6.07) is 0. The molecule has 1 aliphatic rings. The zero-order chi connectivity index (χ0) is 9.68. The van der Waals surface area contributed by atoms with Gasteiger partial charge in [-0.1, -0.05) is 0 Å². The minimum atomic E-state index is -0.140. The monoisotopic (exact) mass is 187 g/mol. The Morgan fingerprint density at radius 1 is 1.46 bits per heavy atom. The third-order valence-electron chi connectivity index (χ3n) is 2.25. The lowest BCUT2D eigenvalue weighted by atomic mass is 10.2. The quantitative estimate of drug-likeness (QED) is 0.578. The zero-order valence-corrected chi connectivity index (χ0v) is 8.62. The van der Waals surface area contributed by atoms with Gasteiger partial charge in [-0.15, -0.1) is 0 Å². The number of nitrogens with one attached hydrogen (secondary N) is 1. The summed E-state index contributed by atoms with van der Waals surface area (Å²) in [7, 11) is 0. The van der Waals surface area contributed by atoms with Gasteiger partial charge in [0.2, 0.25) is 0 Å². The highest BCUT2D eigenvalue weighted by molar-refractivity contribution is 4.81. The fraction of sp³-hybridized carbons (Fsp3) is 1.00. The van der Waals surface area contributed by atoms with Crippen LogP contribution in [0.1, 0.15) is 26.7 Å². The van der Waals surface area contributed by atoms with Crippen molar-refractivity contribution in [3.8, 4) is 0 Å². The van der Waals surface area contributed by atoms with Crippen molar-refractivity contribution >= 4 is 0 Å². The van der Waals surface area contributed by atoms with E-state index in [9.17, 15) is 5.11 Å². The predicted octanol–water partition coefficient (Wildman–Crippen LogP) is 0.772. The molecule has 13 heavy (non-hydrogen) atoms. The molecule has 0 aromatic carbocycles. The van der Waals surface area contributed by atoms with E-state index in [4.69, 9.17) is 4.74 Å². The van der Waals surface area contributed by atoms with Crippen molar-refractivity contribution in [2.24, 2.45) is 5.92 Å². The predicted molar refractivity (Wildman–Crippen MR) is 52.7 cm³/mol. The molecule has 0 amide bonds. The second kappa shape index (κ2) is 5.58. The van der Waals surface area contributed by atoms with Gasteiger partial charge < -0.3 is 15.2 Å². The van der Waals surface area contributed by atoms with Crippen LogP contribution in [0.15, 0.2) is 0 Å². The lowest BCUT2D eigenvalue weighted by molar-refractivity contribution is 0.0771. The van der Waals surface area contributed by atoms with Crippen molar-refractivity contribution in [2.45, 2.75) is 38.9 Å². The molecule has 2 N–H and O–H groups in total. The number of rotatable bonds is 7. The van der Waals surface area contributed by atoms with Gasteiger partial charge in [-0.3, -0.25) is 0 Å². The van der Waals surface area contributed by atoms with Crippen LogP contribution in [0.4, 0.5) is 0 Å². The van der Waals surface area contributed by atoms with Crippen molar-refractivity contribution in [3.05, 3.63) is 0 Å². The van der Waals surface area contributed by atoms with Crippen LogP contribution in [0.5, 0.6) is 0 Å². The maximum Gasteiger partial charge on any atom is 0.0692 e. The van der Waals surface area contributed by atoms with Crippen LogP contribution in [0.3, 0.4) is 0 Å². The summed E-state index contributed by atoms with van der Waals surface area (Å²) >= 11 is 0. The summed E-state index contributed by atoms with van der Waals surface area (Å²) in [6.45, 7) is 6.33. The molecule has 1 atom stereocenters. The van der Waals surface area contributed by atoms with Gasteiger partial charge in [-0.2, -0.15) is 0 Å².